The average molecular weight is 931 g/mol. The third-order valence-electron chi connectivity index (χ3n) is 11.6. The van der Waals surface area contributed by atoms with Crippen molar-refractivity contribution in [1.82, 2.24) is 0 Å². The molecule has 0 radical (unpaired) electrons. The highest BCUT2D eigenvalue weighted by molar-refractivity contribution is 5.71. The van der Waals surface area contributed by atoms with E-state index in [1.54, 1.807) is 0 Å². The van der Waals surface area contributed by atoms with Crippen LogP contribution in [0.5, 0.6) is 0 Å². The van der Waals surface area contributed by atoms with Crippen molar-refractivity contribution >= 4 is 17.9 Å². The predicted molar refractivity (Wildman–Crippen MR) is 288 cm³/mol. The summed E-state index contributed by atoms with van der Waals surface area (Å²) in [5, 5.41) is 0. The van der Waals surface area contributed by atoms with Gasteiger partial charge in [0, 0.05) is 19.3 Å². The SMILES string of the molecule is CC/C=C\C/C=C\C/C=C\C/C=C\CCCCCCCCCCCCC(=O)OCC(COC(=O)CCCCCCCCCCCCCCC)OC(=O)CC/C=C\C/C=C\C/C=C\C/C=C\CC. The van der Waals surface area contributed by atoms with E-state index in [0.29, 0.717) is 19.3 Å². The highest BCUT2D eigenvalue weighted by Crippen LogP contribution is 2.15. The van der Waals surface area contributed by atoms with Crippen LogP contribution in [0.4, 0.5) is 0 Å². The van der Waals surface area contributed by atoms with Crippen LogP contribution in [0, 0.1) is 0 Å². The summed E-state index contributed by atoms with van der Waals surface area (Å²) in [6, 6.07) is 0. The van der Waals surface area contributed by atoms with E-state index < -0.39 is 12.1 Å². The Labute approximate surface area is 413 Å². The number of carbonyl (C=O) groups excluding carboxylic acids is 3. The van der Waals surface area contributed by atoms with Crippen molar-refractivity contribution in [3.63, 3.8) is 0 Å². The predicted octanol–water partition coefficient (Wildman–Crippen LogP) is 18.5. The van der Waals surface area contributed by atoms with Crippen molar-refractivity contribution in [3.8, 4) is 0 Å². The van der Waals surface area contributed by atoms with Crippen molar-refractivity contribution in [3.05, 3.63) is 97.2 Å². The van der Waals surface area contributed by atoms with Crippen LogP contribution in [-0.2, 0) is 28.6 Å². The van der Waals surface area contributed by atoms with Crippen molar-refractivity contribution < 1.29 is 28.6 Å². The maximum atomic E-state index is 12.8. The molecule has 0 heterocycles. The van der Waals surface area contributed by atoms with Crippen LogP contribution in [0.15, 0.2) is 97.2 Å². The lowest BCUT2D eigenvalue weighted by Crippen LogP contribution is -2.30. The van der Waals surface area contributed by atoms with Gasteiger partial charge in [0.05, 0.1) is 0 Å². The van der Waals surface area contributed by atoms with E-state index in [1.165, 1.54) is 116 Å². The highest BCUT2D eigenvalue weighted by atomic mass is 16.6. The van der Waals surface area contributed by atoms with Crippen LogP contribution in [0.2, 0.25) is 0 Å². The Bertz CT molecular complexity index is 1350. The first-order valence-electron chi connectivity index (χ1n) is 27.7. The fourth-order valence-electron chi connectivity index (χ4n) is 7.51. The summed E-state index contributed by atoms with van der Waals surface area (Å²) in [4.78, 5) is 38.0. The van der Waals surface area contributed by atoms with Crippen molar-refractivity contribution in [1.29, 1.82) is 0 Å². The third kappa shape index (κ3) is 53.2. The lowest BCUT2D eigenvalue weighted by atomic mass is 10.0. The van der Waals surface area contributed by atoms with E-state index in [0.717, 1.165) is 89.9 Å². The van der Waals surface area contributed by atoms with Crippen LogP contribution < -0.4 is 0 Å². The Kier molecular flexibility index (Phi) is 51.9. The number of hydrogen-bond donors (Lipinski definition) is 0. The summed E-state index contributed by atoms with van der Waals surface area (Å²) in [6.07, 6.45) is 72.7. The molecule has 6 nitrogen and oxygen atoms in total. The van der Waals surface area contributed by atoms with E-state index in [9.17, 15) is 14.4 Å². The monoisotopic (exact) mass is 931 g/mol. The smallest absolute Gasteiger partial charge is 0.306 e. The first kappa shape index (κ1) is 63.3. The Morgan fingerprint density at radius 3 is 0.970 bits per heavy atom. The largest absolute Gasteiger partial charge is 0.462 e. The second kappa shape index (κ2) is 54.9. The van der Waals surface area contributed by atoms with Gasteiger partial charge in [-0.1, -0.05) is 246 Å². The van der Waals surface area contributed by atoms with E-state index in [4.69, 9.17) is 14.2 Å². The second-order valence-electron chi connectivity index (χ2n) is 18.1. The Hall–Kier alpha value is -3.67. The van der Waals surface area contributed by atoms with Crippen LogP contribution >= 0.6 is 0 Å². The van der Waals surface area contributed by atoms with Crippen LogP contribution in [-0.4, -0.2) is 37.2 Å². The number of hydrogen-bond acceptors (Lipinski definition) is 6. The molecule has 0 aromatic carbocycles. The molecule has 0 spiro atoms. The summed E-state index contributed by atoms with van der Waals surface area (Å²) in [7, 11) is 0. The number of rotatable bonds is 49. The molecule has 0 aromatic heterocycles. The average Bonchev–Trinajstić information content (AvgIpc) is 3.33. The minimum Gasteiger partial charge on any atom is -0.462 e. The van der Waals surface area contributed by atoms with Gasteiger partial charge >= 0.3 is 17.9 Å². The minimum atomic E-state index is -0.816. The fraction of sp³-hybridized carbons (Fsp3) is 0.689. The zero-order valence-corrected chi connectivity index (χ0v) is 43.6. The number of carbonyl (C=O) groups is 3. The third-order valence-corrected chi connectivity index (χ3v) is 11.6. The molecule has 0 saturated carbocycles. The van der Waals surface area contributed by atoms with Gasteiger partial charge in [0.2, 0.25) is 0 Å². The van der Waals surface area contributed by atoms with Crippen molar-refractivity contribution in [2.24, 2.45) is 0 Å². The molecule has 6 heteroatoms. The van der Waals surface area contributed by atoms with E-state index in [2.05, 4.69) is 106 Å². The van der Waals surface area contributed by atoms with Gasteiger partial charge in [0.25, 0.3) is 0 Å². The number of allylic oxidation sites excluding steroid dienone is 16. The van der Waals surface area contributed by atoms with Crippen molar-refractivity contribution in [2.45, 2.75) is 258 Å². The van der Waals surface area contributed by atoms with Crippen LogP contribution in [0.25, 0.3) is 0 Å². The first-order valence-corrected chi connectivity index (χ1v) is 27.7. The molecule has 1 atom stereocenters. The molecule has 0 amide bonds. The molecule has 0 aromatic rings. The summed E-state index contributed by atoms with van der Waals surface area (Å²) in [6.45, 7) is 6.35. The summed E-state index contributed by atoms with van der Waals surface area (Å²) >= 11 is 0. The van der Waals surface area contributed by atoms with Crippen molar-refractivity contribution in [2.75, 3.05) is 13.2 Å². The van der Waals surface area contributed by atoms with Gasteiger partial charge in [0.15, 0.2) is 6.10 Å². The molecule has 0 rings (SSSR count). The molecule has 0 bridgehead atoms. The molecular formula is C61H102O6. The van der Waals surface area contributed by atoms with Gasteiger partial charge in [-0.2, -0.15) is 0 Å². The van der Waals surface area contributed by atoms with Gasteiger partial charge in [-0.3, -0.25) is 14.4 Å². The number of ether oxygens (including phenoxy) is 3. The molecule has 1 unspecified atom stereocenters. The van der Waals surface area contributed by atoms with Gasteiger partial charge in [-0.15, -0.1) is 0 Å². The van der Waals surface area contributed by atoms with Gasteiger partial charge < -0.3 is 14.2 Å². The fourth-order valence-corrected chi connectivity index (χ4v) is 7.51. The molecule has 0 aliphatic rings. The molecule has 0 aliphatic heterocycles. The van der Waals surface area contributed by atoms with E-state index in [-0.39, 0.29) is 31.6 Å². The zero-order valence-electron chi connectivity index (χ0n) is 43.6. The molecular weight excluding hydrogens is 829 g/mol. The Morgan fingerprint density at radius 2 is 0.612 bits per heavy atom. The zero-order chi connectivity index (χ0) is 48.6. The maximum absolute atomic E-state index is 12.8. The van der Waals surface area contributed by atoms with Gasteiger partial charge in [-0.05, 0) is 83.5 Å². The minimum absolute atomic E-state index is 0.106. The lowest BCUT2D eigenvalue weighted by molar-refractivity contribution is -0.166. The van der Waals surface area contributed by atoms with Gasteiger partial charge in [0.1, 0.15) is 13.2 Å². The molecule has 67 heavy (non-hydrogen) atoms. The molecule has 0 fully saturated rings. The van der Waals surface area contributed by atoms with E-state index >= 15 is 0 Å². The summed E-state index contributed by atoms with van der Waals surface area (Å²) in [5.41, 5.74) is 0. The maximum Gasteiger partial charge on any atom is 0.306 e. The highest BCUT2D eigenvalue weighted by Gasteiger charge is 2.19. The molecule has 0 saturated heterocycles. The first-order chi connectivity index (χ1) is 33.0. The normalized spacial score (nSPS) is 12.8. The summed E-state index contributed by atoms with van der Waals surface area (Å²) < 4.78 is 16.8. The van der Waals surface area contributed by atoms with E-state index in [1.807, 2.05) is 12.2 Å². The second-order valence-corrected chi connectivity index (χ2v) is 18.1. The molecule has 0 N–H and O–H groups in total. The molecule has 382 valence electrons. The number of esters is 3. The van der Waals surface area contributed by atoms with Crippen LogP contribution in [0.3, 0.4) is 0 Å². The van der Waals surface area contributed by atoms with Crippen LogP contribution in [0.1, 0.15) is 252 Å². The Balaban J connectivity index is 4.37. The van der Waals surface area contributed by atoms with Gasteiger partial charge in [-0.25, -0.2) is 0 Å². The molecule has 0 aliphatic carbocycles. The lowest BCUT2D eigenvalue weighted by Gasteiger charge is -2.18. The quantitative estimate of drug-likeness (QED) is 0.0262. The topological polar surface area (TPSA) is 78.9 Å². The standard InChI is InChI=1S/C61H102O6/c1-4-7-10-13-16-19-22-25-26-27-28-29-30-31-32-33-34-37-39-42-45-48-51-54-60(63)66-57-58(67-61(64)55-52-49-46-43-40-36-24-21-18-15-12-9-6-3)56-65-59(62)53-50-47-44-41-38-35-23-20-17-14-11-8-5-2/h7,9-10,12,16,18-19,21,25-26,28-29,36,40,46,49,58H,4-6,8,11,13-15,17,20,22-24,27,30-35,37-39,41-45,47-48,50-57H2,1-3H3/b10-7-,12-9-,19-16-,21-18-,26-25-,29-28-,40-36-,49-46-. The summed E-state index contributed by atoms with van der Waals surface area (Å²) in [5.74, 6) is -0.990. The Morgan fingerprint density at radius 1 is 0.313 bits per heavy atom. The number of unbranched alkanes of at least 4 members (excludes halogenated alkanes) is 22.